The minimum atomic E-state index is -0.453. The molecule has 1 aliphatic heterocycles. The maximum atomic E-state index is 10.5. The Bertz CT molecular complexity index is 834. The van der Waals surface area contributed by atoms with Crippen molar-refractivity contribution in [2.24, 2.45) is 0 Å². The van der Waals surface area contributed by atoms with Crippen LogP contribution in [0.15, 0.2) is 48.9 Å². The Morgan fingerprint density at radius 2 is 2.04 bits per heavy atom. The third-order valence-electron chi connectivity index (χ3n) is 4.99. The number of fused-ring (bicyclic) bond motifs is 1. The molecule has 2 N–H and O–H groups in total. The number of piperazine rings is 1. The number of aromatic nitrogens is 3. The van der Waals surface area contributed by atoms with Crippen molar-refractivity contribution in [1.29, 1.82) is 0 Å². The molecule has 0 spiro atoms. The highest BCUT2D eigenvalue weighted by molar-refractivity contribution is 5.87. The van der Waals surface area contributed by atoms with Crippen LogP contribution >= 0.6 is 0 Å². The van der Waals surface area contributed by atoms with Crippen molar-refractivity contribution in [2.75, 3.05) is 31.1 Å². The van der Waals surface area contributed by atoms with Gasteiger partial charge in [-0.15, -0.1) is 0 Å². The number of aromatic amines is 1. The maximum Gasteiger partial charge on any atom is 0.142 e. The highest BCUT2D eigenvalue weighted by Gasteiger charge is 2.27. The van der Waals surface area contributed by atoms with E-state index in [1.165, 1.54) is 0 Å². The van der Waals surface area contributed by atoms with Crippen LogP contribution in [0.3, 0.4) is 0 Å². The molecule has 0 amide bonds. The average molecular weight is 337 g/mol. The first kappa shape index (κ1) is 16.1. The van der Waals surface area contributed by atoms with Crippen LogP contribution in [0.2, 0.25) is 0 Å². The molecule has 6 nitrogen and oxygen atoms in total. The molecule has 1 aliphatic rings. The van der Waals surface area contributed by atoms with E-state index in [9.17, 15) is 5.11 Å². The molecule has 0 unspecified atom stereocenters. The van der Waals surface area contributed by atoms with Crippen molar-refractivity contribution in [3.63, 3.8) is 0 Å². The minimum absolute atomic E-state index is 0.344. The van der Waals surface area contributed by atoms with Crippen molar-refractivity contribution in [1.82, 2.24) is 19.9 Å². The smallest absolute Gasteiger partial charge is 0.142 e. The van der Waals surface area contributed by atoms with E-state index in [1.54, 1.807) is 6.33 Å². The second-order valence-electron chi connectivity index (χ2n) is 6.65. The number of benzene rings is 1. The normalized spacial score (nSPS) is 20.1. The van der Waals surface area contributed by atoms with Gasteiger partial charge in [0, 0.05) is 38.4 Å². The molecule has 1 saturated heterocycles. The largest absolute Gasteiger partial charge is 0.387 e. The Balaban J connectivity index is 1.45. The third kappa shape index (κ3) is 3.23. The highest BCUT2D eigenvalue weighted by atomic mass is 16.3. The van der Waals surface area contributed by atoms with Crippen LogP contribution in [0.25, 0.3) is 11.0 Å². The Morgan fingerprint density at radius 1 is 1.20 bits per heavy atom. The third-order valence-corrected chi connectivity index (χ3v) is 4.99. The van der Waals surface area contributed by atoms with Gasteiger partial charge in [-0.25, -0.2) is 9.97 Å². The van der Waals surface area contributed by atoms with Gasteiger partial charge in [0.25, 0.3) is 0 Å². The molecule has 0 saturated carbocycles. The number of rotatable bonds is 4. The van der Waals surface area contributed by atoms with E-state index in [1.807, 2.05) is 42.6 Å². The number of nitrogens with one attached hydrogen (secondary N) is 1. The summed E-state index contributed by atoms with van der Waals surface area (Å²) in [6.07, 6.45) is 3.06. The van der Waals surface area contributed by atoms with Gasteiger partial charge >= 0.3 is 0 Å². The number of aliphatic hydroxyl groups is 1. The second-order valence-corrected chi connectivity index (χ2v) is 6.65. The summed E-state index contributed by atoms with van der Waals surface area (Å²) in [5, 5.41) is 11.6. The lowest BCUT2D eigenvalue weighted by atomic mass is 10.1. The zero-order chi connectivity index (χ0) is 17.2. The first-order valence-electron chi connectivity index (χ1n) is 8.72. The van der Waals surface area contributed by atoms with Gasteiger partial charge in [-0.05, 0) is 18.6 Å². The second kappa shape index (κ2) is 6.82. The van der Waals surface area contributed by atoms with Crippen molar-refractivity contribution < 1.29 is 5.11 Å². The van der Waals surface area contributed by atoms with Crippen LogP contribution in [0, 0.1) is 0 Å². The van der Waals surface area contributed by atoms with Gasteiger partial charge < -0.3 is 15.0 Å². The van der Waals surface area contributed by atoms with E-state index in [-0.39, 0.29) is 0 Å². The molecule has 4 rings (SSSR count). The molecular weight excluding hydrogens is 314 g/mol. The molecule has 25 heavy (non-hydrogen) atoms. The van der Waals surface area contributed by atoms with E-state index < -0.39 is 6.10 Å². The molecule has 2 aromatic heterocycles. The monoisotopic (exact) mass is 337 g/mol. The molecule has 1 aromatic carbocycles. The van der Waals surface area contributed by atoms with Crippen molar-refractivity contribution in [3.8, 4) is 0 Å². The summed E-state index contributed by atoms with van der Waals surface area (Å²) in [5.74, 6) is 0.987. The summed E-state index contributed by atoms with van der Waals surface area (Å²) in [4.78, 5) is 16.6. The average Bonchev–Trinajstić information content (AvgIpc) is 3.13. The predicted octanol–water partition coefficient (Wildman–Crippen LogP) is 2.20. The first-order valence-corrected chi connectivity index (χ1v) is 8.72. The van der Waals surface area contributed by atoms with Crippen LogP contribution < -0.4 is 4.90 Å². The highest BCUT2D eigenvalue weighted by Crippen LogP contribution is 2.25. The molecular formula is C19H23N5O. The van der Waals surface area contributed by atoms with E-state index in [2.05, 4.69) is 31.7 Å². The summed E-state index contributed by atoms with van der Waals surface area (Å²) in [5.41, 5.74) is 1.85. The lowest BCUT2D eigenvalue weighted by molar-refractivity contribution is 0.0849. The standard InChI is InChI=1S/C19H23N5O/c1-14-11-24(19-16-7-8-20-18(16)21-13-22-19)10-9-23(14)12-17(25)15-5-3-2-4-6-15/h2-8,13-14,17,25H,9-12H2,1H3,(H,20,21,22)/t14-,17-/m1/s1. The molecule has 3 aromatic rings. The van der Waals surface area contributed by atoms with E-state index in [0.717, 1.165) is 42.0 Å². The van der Waals surface area contributed by atoms with Crippen molar-refractivity contribution >= 4 is 16.9 Å². The van der Waals surface area contributed by atoms with Crippen LogP contribution in [-0.2, 0) is 0 Å². The number of hydrogen-bond acceptors (Lipinski definition) is 5. The molecule has 6 heteroatoms. The van der Waals surface area contributed by atoms with Crippen molar-refractivity contribution in [3.05, 3.63) is 54.5 Å². The van der Waals surface area contributed by atoms with Gasteiger partial charge in [-0.1, -0.05) is 30.3 Å². The summed E-state index contributed by atoms with van der Waals surface area (Å²) in [6.45, 7) is 5.55. The number of hydrogen-bond donors (Lipinski definition) is 2. The number of H-pyrrole nitrogens is 1. The zero-order valence-corrected chi connectivity index (χ0v) is 14.3. The minimum Gasteiger partial charge on any atom is -0.387 e. The molecule has 2 atom stereocenters. The number of aliphatic hydroxyl groups excluding tert-OH is 1. The van der Waals surface area contributed by atoms with Crippen molar-refractivity contribution in [2.45, 2.75) is 19.1 Å². The van der Waals surface area contributed by atoms with Crippen LogP contribution in [0.1, 0.15) is 18.6 Å². The summed E-state index contributed by atoms with van der Waals surface area (Å²) in [6, 6.07) is 12.2. The number of nitrogens with zero attached hydrogens (tertiary/aromatic N) is 4. The molecule has 0 bridgehead atoms. The number of β-amino-alcohol motifs (C(OH)–C–C–N with tert-alkyl or cyclic N) is 1. The Hall–Kier alpha value is -2.44. The van der Waals surface area contributed by atoms with Gasteiger partial charge in [0.2, 0.25) is 0 Å². The Labute approximate surface area is 147 Å². The van der Waals surface area contributed by atoms with Gasteiger partial charge in [0.1, 0.15) is 17.8 Å². The van der Waals surface area contributed by atoms with Crippen LogP contribution in [0.4, 0.5) is 5.82 Å². The lowest BCUT2D eigenvalue weighted by Crippen LogP contribution is -2.53. The molecule has 130 valence electrons. The predicted molar refractivity (Wildman–Crippen MR) is 98.5 cm³/mol. The first-order chi connectivity index (χ1) is 12.2. The van der Waals surface area contributed by atoms with E-state index in [0.29, 0.717) is 12.6 Å². The number of anilines is 1. The quantitative estimate of drug-likeness (QED) is 0.764. The van der Waals surface area contributed by atoms with E-state index >= 15 is 0 Å². The Morgan fingerprint density at radius 3 is 2.84 bits per heavy atom. The van der Waals surface area contributed by atoms with E-state index in [4.69, 9.17) is 0 Å². The summed E-state index contributed by atoms with van der Waals surface area (Å²) < 4.78 is 0. The molecule has 0 aliphatic carbocycles. The lowest BCUT2D eigenvalue weighted by Gasteiger charge is -2.41. The van der Waals surface area contributed by atoms with Gasteiger partial charge in [0.05, 0.1) is 11.5 Å². The van der Waals surface area contributed by atoms with Gasteiger partial charge in [-0.3, -0.25) is 4.90 Å². The van der Waals surface area contributed by atoms with Crippen LogP contribution in [0.5, 0.6) is 0 Å². The fourth-order valence-electron chi connectivity index (χ4n) is 3.57. The fourth-order valence-corrected chi connectivity index (χ4v) is 3.57. The zero-order valence-electron chi connectivity index (χ0n) is 14.3. The summed E-state index contributed by atoms with van der Waals surface area (Å²) in [7, 11) is 0. The molecule has 0 radical (unpaired) electrons. The SMILES string of the molecule is C[C@@H]1CN(c2ncnc3[nH]ccc23)CCN1C[C@@H](O)c1ccccc1. The maximum absolute atomic E-state index is 10.5. The topological polar surface area (TPSA) is 68.3 Å². The molecule has 3 heterocycles. The fraction of sp³-hybridized carbons (Fsp3) is 0.368. The summed E-state index contributed by atoms with van der Waals surface area (Å²) >= 11 is 0. The Kier molecular flexibility index (Phi) is 4.38. The van der Waals surface area contributed by atoms with Gasteiger partial charge in [-0.2, -0.15) is 0 Å². The van der Waals surface area contributed by atoms with Gasteiger partial charge in [0.15, 0.2) is 0 Å². The van der Waals surface area contributed by atoms with Crippen LogP contribution in [-0.4, -0.2) is 57.2 Å². The molecule has 1 fully saturated rings.